The van der Waals surface area contributed by atoms with Crippen molar-refractivity contribution in [3.05, 3.63) is 27.5 Å². The summed E-state index contributed by atoms with van der Waals surface area (Å²) in [5.41, 5.74) is -0.370. The molecule has 1 heterocycles. The molecule has 0 aromatic carbocycles. The topological polar surface area (TPSA) is 39.2 Å². The van der Waals surface area contributed by atoms with Crippen molar-refractivity contribution in [1.82, 2.24) is 4.98 Å². The van der Waals surface area contributed by atoms with Crippen LogP contribution in [0.1, 0.15) is 28.2 Å². The molecule has 0 N–H and O–H groups in total. The number of ether oxygens (including phenoxy) is 1. The van der Waals surface area contributed by atoms with Gasteiger partial charge in [0.25, 0.3) is 6.43 Å². The minimum Gasteiger partial charge on any atom is -0.465 e. The van der Waals surface area contributed by atoms with Crippen LogP contribution in [0.15, 0.2) is 10.5 Å². The van der Waals surface area contributed by atoms with Crippen LogP contribution in [0.5, 0.6) is 0 Å². The molecule has 0 atom stereocenters. The van der Waals surface area contributed by atoms with Crippen molar-refractivity contribution >= 4 is 21.9 Å². The molecule has 0 saturated carbocycles. The summed E-state index contributed by atoms with van der Waals surface area (Å²) in [4.78, 5) is 14.8. The molecule has 82 valence electrons. The maximum absolute atomic E-state index is 12.6. The monoisotopic (exact) mass is 279 g/mol. The van der Waals surface area contributed by atoms with E-state index in [2.05, 4.69) is 25.7 Å². The number of methoxy groups -OCH3 is 1. The Balaban J connectivity index is 3.34. The second-order valence-corrected chi connectivity index (χ2v) is 3.64. The normalized spacial score (nSPS) is 10.5. The summed E-state index contributed by atoms with van der Waals surface area (Å²) < 4.78 is 30.0. The molecule has 15 heavy (non-hydrogen) atoms. The number of pyridine rings is 1. The molecular formula is C9H8BrF2NO2. The van der Waals surface area contributed by atoms with Gasteiger partial charge in [-0.2, -0.15) is 0 Å². The van der Waals surface area contributed by atoms with E-state index >= 15 is 0 Å². The lowest BCUT2D eigenvalue weighted by atomic mass is 10.2. The summed E-state index contributed by atoms with van der Waals surface area (Å²) in [6, 6.07) is 1.29. The predicted octanol–water partition coefficient (Wildman–Crippen LogP) is 2.88. The van der Waals surface area contributed by atoms with Crippen LogP contribution >= 0.6 is 15.9 Å². The first kappa shape index (κ1) is 12.0. The number of halogens is 3. The summed E-state index contributed by atoms with van der Waals surface area (Å²) in [6.45, 7) is 1.57. The van der Waals surface area contributed by atoms with Gasteiger partial charge in [0.15, 0.2) is 0 Å². The van der Waals surface area contributed by atoms with Gasteiger partial charge in [-0.1, -0.05) is 0 Å². The Morgan fingerprint density at radius 3 is 2.67 bits per heavy atom. The quantitative estimate of drug-likeness (QED) is 0.782. The van der Waals surface area contributed by atoms with Gasteiger partial charge in [-0.05, 0) is 28.9 Å². The molecule has 6 heteroatoms. The minimum atomic E-state index is -2.80. The Bertz CT molecular complexity index is 396. The zero-order chi connectivity index (χ0) is 11.6. The Morgan fingerprint density at radius 1 is 1.60 bits per heavy atom. The number of aromatic nitrogens is 1. The van der Waals surface area contributed by atoms with E-state index in [-0.39, 0.29) is 5.56 Å². The average molecular weight is 280 g/mol. The average Bonchev–Trinajstić information content (AvgIpc) is 2.20. The van der Waals surface area contributed by atoms with Crippen molar-refractivity contribution in [2.75, 3.05) is 7.11 Å². The van der Waals surface area contributed by atoms with E-state index in [1.807, 2.05) is 0 Å². The lowest BCUT2D eigenvalue weighted by molar-refractivity contribution is 0.0587. The number of carbonyl (C=O) groups is 1. The number of rotatable bonds is 2. The number of aryl methyl sites for hydroxylation is 1. The van der Waals surface area contributed by atoms with E-state index in [4.69, 9.17) is 0 Å². The van der Waals surface area contributed by atoms with Gasteiger partial charge in [0.2, 0.25) is 0 Å². The summed E-state index contributed by atoms with van der Waals surface area (Å²) in [5.74, 6) is -0.821. The molecule has 3 nitrogen and oxygen atoms in total. The molecule has 1 aromatic rings. The SMILES string of the molecule is COC(=O)c1cc(Br)c(C)nc1C(F)F. The molecule has 1 rings (SSSR count). The molecule has 0 radical (unpaired) electrons. The second-order valence-electron chi connectivity index (χ2n) is 2.78. The Hall–Kier alpha value is -1.04. The van der Waals surface area contributed by atoms with Crippen LogP contribution < -0.4 is 0 Å². The summed E-state index contributed by atoms with van der Waals surface area (Å²) in [5, 5.41) is 0. The summed E-state index contributed by atoms with van der Waals surface area (Å²) in [7, 11) is 1.13. The maximum Gasteiger partial charge on any atom is 0.339 e. The number of carbonyl (C=O) groups excluding carboxylic acids is 1. The van der Waals surface area contributed by atoms with E-state index < -0.39 is 18.1 Å². The van der Waals surface area contributed by atoms with E-state index in [1.165, 1.54) is 6.07 Å². The predicted molar refractivity (Wildman–Crippen MR) is 53.0 cm³/mol. The lowest BCUT2D eigenvalue weighted by Gasteiger charge is -2.08. The molecular weight excluding hydrogens is 272 g/mol. The van der Waals surface area contributed by atoms with Gasteiger partial charge in [-0.3, -0.25) is 4.98 Å². The highest BCUT2D eigenvalue weighted by molar-refractivity contribution is 9.10. The highest BCUT2D eigenvalue weighted by Crippen LogP contribution is 2.26. The fourth-order valence-corrected chi connectivity index (χ4v) is 1.36. The first-order valence-corrected chi connectivity index (χ1v) is 4.80. The van der Waals surface area contributed by atoms with Gasteiger partial charge in [0, 0.05) is 4.47 Å². The van der Waals surface area contributed by atoms with Gasteiger partial charge in [0.1, 0.15) is 5.69 Å². The van der Waals surface area contributed by atoms with E-state index in [9.17, 15) is 13.6 Å². The highest BCUT2D eigenvalue weighted by Gasteiger charge is 2.22. The zero-order valence-electron chi connectivity index (χ0n) is 8.05. The van der Waals surface area contributed by atoms with Gasteiger partial charge >= 0.3 is 5.97 Å². The van der Waals surface area contributed by atoms with Crippen molar-refractivity contribution in [3.63, 3.8) is 0 Å². The van der Waals surface area contributed by atoms with Crippen LogP contribution in [0.2, 0.25) is 0 Å². The molecule has 0 unspecified atom stereocenters. The van der Waals surface area contributed by atoms with Gasteiger partial charge < -0.3 is 4.74 Å². The summed E-state index contributed by atoms with van der Waals surface area (Å²) in [6.07, 6.45) is -2.80. The van der Waals surface area contributed by atoms with Crippen LogP contribution in [0.3, 0.4) is 0 Å². The largest absolute Gasteiger partial charge is 0.465 e. The van der Waals surface area contributed by atoms with E-state index in [1.54, 1.807) is 6.92 Å². The van der Waals surface area contributed by atoms with Gasteiger partial charge in [0.05, 0.1) is 18.4 Å². The smallest absolute Gasteiger partial charge is 0.339 e. The molecule has 0 fully saturated rings. The van der Waals surface area contributed by atoms with Gasteiger partial charge in [-0.15, -0.1) is 0 Å². The third kappa shape index (κ3) is 2.50. The number of hydrogen-bond donors (Lipinski definition) is 0. The fraction of sp³-hybridized carbons (Fsp3) is 0.333. The van der Waals surface area contributed by atoms with Crippen LogP contribution in [-0.2, 0) is 4.74 Å². The third-order valence-electron chi connectivity index (χ3n) is 1.79. The van der Waals surface area contributed by atoms with Crippen LogP contribution in [0, 0.1) is 6.92 Å². The number of hydrogen-bond acceptors (Lipinski definition) is 3. The second kappa shape index (κ2) is 4.65. The molecule has 0 amide bonds. The van der Waals surface area contributed by atoms with Crippen molar-refractivity contribution in [2.24, 2.45) is 0 Å². The molecule has 0 spiro atoms. The van der Waals surface area contributed by atoms with Crippen molar-refractivity contribution in [1.29, 1.82) is 0 Å². The van der Waals surface area contributed by atoms with E-state index in [0.717, 1.165) is 7.11 Å². The number of alkyl halides is 2. The fourth-order valence-electron chi connectivity index (χ4n) is 1.04. The Kier molecular flexibility index (Phi) is 3.73. The van der Waals surface area contributed by atoms with Crippen molar-refractivity contribution in [3.8, 4) is 0 Å². The van der Waals surface area contributed by atoms with E-state index in [0.29, 0.717) is 10.2 Å². The standard InChI is InChI=1S/C9H8BrF2NO2/c1-4-6(10)3-5(9(14)15-2)7(13-4)8(11)12/h3,8H,1-2H3. The molecule has 1 aromatic heterocycles. The minimum absolute atomic E-state index is 0.218. The van der Waals surface area contributed by atoms with Crippen LogP contribution in [-0.4, -0.2) is 18.1 Å². The Labute approximate surface area is 93.6 Å². The molecule has 0 saturated heterocycles. The first-order chi connectivity index (χ1) is 6.97. The van der Waals surface area contributed by atoms with Crippen LogP contribution in [0.25, 0.3) is 0 Å². The third-order valence-corrected chi connectivity index (χ3v) is 2.60. The Morgan fingerprint density at radius 2 is 2.20 bits per heavy atom. The molecule has 0 aliphatic heterocycles. The maximum atomic E-state index is 12.6. The van der Waals surface area contributed by atoms with Crippen LogP contribution in [0.4, 0.5) is 8.78 Å². The number of nitrogens with zero attached hydrogens (tertiary/aromatic N) is 1. The zero-order valence-corrected chi connectivity index (χ0v) is 9.64. The number of esters is 1. The lowest BCUT2D eigenvalue weighted by Crippen LogP contribution is -2.09. The van der Waals surface area contributed by atoms with Crippen molar-refractivity contribution < 1.29 is 18.3 Å². The molecule has 0 bridgehead atoms. The highest BCUT2D eigenvalue weighted by atomic mass is 79.9. The summed E-state index contributed by atoms with van der Waals surface area (Å²) >= 11 is 3.11. The first-order valence-electron chi connectivity index (χ1n) is 4.01. The molecule has 0 aliphatic carbocycles. The van der Waals surface area contributed by atoms with Gasteiger partial charge in [-0.25, -0.2) is 13.6 Å². The van der Waals surface area contributed by atoms with Crippen molar-refractivity contribution in [2.45, 2.75) is 13.3 Å². The molecule has 0 aliphatic rings.